The third-order valence-electron chi connectivity index (χ3n) is 3.03. The van der Waals surface area contributed by atoms with Crippen molar-refractivity contribution in [3.63, 3.8) is 0 Å². The Morgan fingerprint density at radius 2 is 1.94 bits per heavy atom. The Bertz CT molecular complexity index is 590. The Labute approximate surface area is 106 Å². The fourth-order valence-electron chi connectivity index (χ4n) is 2.05. The number of benzene rings is 1. The van der Waals surface area contributed by atoms with Crippen LogP contribution < -0.4 is 10.9 Å². The van der Waals surface area contributed by atoms with Gasteiger partial charge >= 0.3 is 0 Å². The van der Waals surface area contributed by atoms with Gasteiger partial charge < -0.3 is 15.4 Å². The highest BCUT2D eigenvalue weighted by molar-refractivity contribution is 5.84. The Morgan fingerprint density at radius 1 is 1.28 bits per heavy atom. The van der Waals surface area contributed by atoms with E-state index in [2.05, 4.69) is 10.3 Å². The lowest BCUT2D eigenvalue weighted by atomic mass is 10.0. The Morgan fingerprint density at radius 3 is 2.61 bits per heavy atom. The molecule has 0 aliphatic heterocycles. The molecule has 0 spiro atoms. The van der Waals surface area contributed by atoms with E-state index in [1.807, 2.05) is 31.2 Å². The third-order valence-corrected chi connectivity index (χ3v) is 3.03. The van der Waals surface area contributed by atoms with E-state index in [0.29, 0.717) is 11.9 Å². The fraction of sp³-hybridized carbons (Fsp3) is 0.357. The van der Waals surface area contributed by atoms with Crippen LogP contribution in [-0.4, -0.2) is 22.7 Å². The molecule has 1 aromatic heterocycles. The fourth-order valence-corrected chi connectivity index (χ4v) is 2.05. The van der Waals surface area contributed by atoms with Gasteiger partial charge in [0, 0.05) is 24.2 Å². The van der Waals surface area contributed by atoms with Crippen molar-refractivity contribution in [2.75, 3.05) is 6.54 Å². The van der Waals surface area contributed by atoms with Gasteiger partial charge in [-0.3, -0.25) is 4.79 Å². The molecule has 0 radical (unpaired) electrons. The summed E-state index contributed by atoms with van der Waals surface area (Å²) in [6, 6.07) is 7.61. The number of H-pyrrole nitrogens is 1. The van der Waals surface area contributed by atoms with Crippen LogP contribution in [0.1, 0.15) is 25.5 Å². The molecule has 0 aliphatic carbocycles. The standard InChI is InChI=1S/C14H18N2O2/c1-9(17)7-15-10(2)13-8-16-14(18)12-6-4-3-5-11(12)13/h3-6,8-10,15,17H,7H2,1-2H3,(H,16,18)/t9-,10?/m0/s1. The first-order valence-electron chi connectivity index (χ1n) is 6.11. The van der Waals surface area contributed by atoms with E-state index in [0.717, 1.165) is 10.9 Å². The molecule has 0 bridgehead atoms. The van der Waals surface area contributed by atoms with Crippen molar-refractivity contribution in [2.24, 2.45) is 0 Å². The number of hydrogen-bond acceptors (Lipinski definition) is 3. The smallest absolute Gasteiger partial charge is 0.255 e. The van der Waals surface area contributed by atoms with Crippen LogP contribution in [0.3, 0.4) is 0 Å². The molecule has 4 heteroatoms. The highest BCUT2D eigenvalue weighted by Gasteiger charge is 2.11. The number of aromatic amines is 1. The highest BCUT2D eigenvalue weighted by Crippen LogP contribution is 2.20. The summed E-state index contributed by atoms with van der Waals surface area (Å²) in [5.41, 5.74) is 0.961. The molecule has 2 rings (SSSR count). The Hall–Kier alpha value is -1.65. The summed E-state index contributed by atoms with van der Waals surface area (Å²) in [4.78, 5) is 14.5. The number of nitrogens with one attached hydrogen (secondary N) is 2. The van der Waals surface area contributed by atoms with Gasteiger partial charge in [0.25, 0.3) is 5.56 Å². The van der Waals surface area contributed by atoms with Crippen LogP contribution in [0.4, 0.5) is 0 Å². The second-order valence-electron chi connectivity index (χ2n) is 4.60. The van der Waals surface area contributed by atoms with Crippen molar-refractivity contribution in [1.29, 1.82) is 0 Å². The van der Waals surface area contributed by atoms with Crippen molar-refractivity contribution >= 4 is 10.8 Å². The minimum absolute atomic E-state index is 0.0707. The molecule has 1 unspecified atom stereocenters. The lowest BCUT2D eigenvalue weighted by Crippen LogP contribution is -2.27. The van der Waals surface area contributed by atoms with E-state index in [1.54, 1.807) is 13.1 Å². The van der Waals surface area contributed by atoms with E-state index in [1.165, 1.54) is 0 Å². The number of aliphatic hydroxyl groups is 1. The molecule has 0 aliphatic rings. The van der Waals surface area contributed by atoms with E-state index >= 15 is 0 Å². The van der Waals surface area contributed by atoms with Gasteiger partial charge in [0.1, 0.15) is 0 Å². The average Bonchev–Trinajstić information content (AvgIpc) is 2.37. The van der Waals surface area contributed by atoms with E-state index in [-0.39, 0.29) is 17.7 Å². The monoisotopic (exact) mass is 246 g/mol. The van der Waals surface area contributed by atoms with Gasteiger partial charge in [-0.1, -0.05) is 18.2 Å². The van der Waals surface area contributed by atoms with Crippen LogP contribution in [0.25, 0.3) is 10.8 Å². The zero-order valence-electron chi connectivity index (χ0n) is 10.6. The summed E-state index contributed by atoms with van der Waals surface area (Å²) in [5.74, 6) is 0. The van der Waals surface area contributed by atoms with Crippen molar-refractivity contribution in [1.82, 2.24) is 10.3 Å². The summed E-state index contributed by atoms with van der Waals surface area (Å²) in [7, 11) is 0. The number of aromatic nitrogens is 1. The zero-order chi connectivity index (χ0) is 13.1. The maximum atomic E-state index is 11.7. The molecule has 0 amide bonds. The third kappa shape index (κ3) is 2.60. The van der Waals surface area contributed by atoms with Gasteiger partial charge in [0.2, 0.25) is 0 Å². The molecule has 0 fully saturated rings. The number of rotatable bonds is 4. The van der Waals surface area contributed by atoms with Crippen LogP contribution in [-0.2, 0) is 0 Å². The van der Waals surface area contributed by atoms with Crippen molar-refractivity contribution in [3.8, 4) is 0 Å². The SMILES string of the molecule is CC(NC[C@H](C)O)c1c[nH]c(=O)c2ccccc12. The summed E-state index contributed by atoms with van der Waals surface area (Å²) in [6.45, 7) is 4.28. The number of pyridine rings is 1. The lowest BCUT2D eigenvalue weighted by Gasteiger charge is -2.17. The quantitative estimate of drug-likeness (QED) is 0.767. The molecule has 18 heavy (non-hydrogen) atoms. The second kappa shape index (κ2) is 5.33. The largest absolute Gasteiger partial charge is 0.392 e. The van der Waals surface area contributed by atoms with Crippen molar-refractivity contribution in [3.05, 3.63) is 46.4 Å². The first-order valence-corrected chi connectivity index (χ1v) is 6.11. The van der Waals surface area contributed by atoms with Crippen LogP contribution in [0, 0.1) is 0 Å². The topological polar surface area (TPSA) is 65.1 Å². The normalized spacial score (nSPS) is 14.6. The highest BCUT2D eigenvalue weighted by atomic mass is 16.3. The maximum Gasteiger partial charge on any atom is 0.255 e. The van der Waals surface area contributed by atoms with Gasteiger partial charge in [0.15, 0.2) is 0 Å². The second-order valence-corrected chi connectivity index (χ2v) is 4.60. The van der Waals surface area contributed by atoms with E-state index in [4.69, 9.17) is 0 Å². The molecule has 0 saturated carbocycles. The molecule has 4 nitrogen and oxygen atoms in total. The first kappa shape index (κ1) is 12.8. The predicted molar refractivity (Wildman–Crippen MR) is 72.7 cm³/mol. The number of fused-ring (bicyclic) bond motifs is 1. The van der Waals surface area contributed by atoms with Gasteiger partial charge in [-0.2, -0.15) is 0 Å². The molecule has 1 aromatic carbocycles. The average molecular weight is 246 g/mol. The number of aliphatic hydroxyl groups excluding tert-OH is 1. The zero-order valence-corrected chi connectivity index (χ0v) is 10.6. The molecule has 2 aromatic rings. The molecular weight excluding hydrogens is 228 g/mol. The predicted octanol–water partition coefficient (Wildman–Crippen LogP) is 1.56. The maximum absolute atomic E-state index is 11.7. The molecule has 96 valence electrons. The summed E-state index contributed by atoms with van der Waals surface area (Å²) < 4.78 is 0. The minimum Gasteiger partial charge on any atom is -0.392 e. The van der Waals surface area contributed by atoms with Crippen molar-refractivity contribution < 1.29 is 5.11 Å². The summed E-state index contributed by atoms with van der Waals surface area (Å²) >= 11 is 0. The molecule has 0 saturated heterocycles. The lowest BCUT2D eigenvalue weighted by molar-refractivity contribution is 0.187. The van der Waals surface area contributed by atoms with Crippen LogP contribution >= 0.6 is 0 Å². The van der Waals surface area contributed by atoms with E-state index < -0.39 is 0 Å². The Balaban J connectivity index is 2.39. The number of hydrogen-bond donors (Lipinski definition) is 3. The molecule has 3 N–H and O–H groups in total. The van der Waals surface area contributed by atoms with Crippen LogP contribution in [0.15, 0.2) is 35.3 Å². The summed E-state index contributed by atoms with van der Waals surface area (Å²) in [6.07, 6.45) is 1.35. The first-order chi connectivity index (χ1) is 8.59. The molecule has 1 heterocycles. The molecular formula is C14H18N2O2. The van der Waals surface area contributed by atoms with Gasteiger partial charge in [-0.15, -0.1) is 0 Å². The molecule has 2 atom stereocenters. The minimum atomic E-state index is -0.388. The van der Waals surface area contributed by atoms with Crippen molar-refractivity contribution in [2.45, 2.75) is 26.0 Å². The summed E-state index contributed by atoms with van der Waals surface area (Å²) in [5, 5.41) is 14.2. The van der Waals surface area contributed by atoms with Crippen LogP contribution in [0.2, 0.25) is 0 Å². The van der Waals surface area contributed by atoms with Gasteiger partial charge in [-0.05, 0) is 30.9 Å². The van der Waals surface area contributed by atoms with Crippen LogP contribution in [0.5, 0.6) is 0 Å². The van der Waals surface area contributed by atoms with E-state index in [9.17, 15) is 9.90 Å². The van der Waals surface area contributed by atoms with Gasteiger partial charge in [-0.25, -0.2) is 0 Å². The van der Waals surface area contributed by atoms with Gasteiger partial charge in [0.05, 0.1) is 6.10 Å². The Kier molecular flexibility index (Phi) is 3.79.